The largest absolute Gasteiger partial charge is 0.510 e. The van der Waals surface area contributed by atoms with E-state index in [0.29, 0.717) is 10.9 Å². The standard InChI is InChI=1S/C36H42ClF2N2O13P/c1-20(2)53-35(45)48-17-51-55(47,52-18-49-36(46)54-21(3)4)19-50-25-9-10-26-29(22(5)42)15-41(31(26)13-25)16-32(43)27-11-24(38)12-28(27)34(44)40-14-23-7-6-8-30(37)33(23)39/h6-10,13,15,20-21,24,27-28H,11-12,14,16-19H2,1-5H3,(H,40,44)/t24-,27?,28+/m0/s1. The first-order chi connectivity index (χ1) is 26.0. The van der Waals surface area contributed by atoms with E-state index in [-0.39, 0.29) is 53.6 Å². The fourth-order valence-corrected chi connectivity index (χ4v) is 6.86. The molecule has 0 bridgehead atoms. The van der Waals surface area contributed by atoms with Crippen molar-refractivity contribution < 1.29 is 70.1 Å². The molecule has 2 aromatic carbocycles. The Labute approximate surface area is 320 Å². The lowest BCUT2D eigenvalue weighted by atomic mass is 9.91. The number of fused-ring (bicyclic) bond motifs is 1. The van der Waals surface area contributed by atoms with E-state index in [1.54, 1.807) is 27.7 Å². The Balaban J connectivity index is 1.50. The maximum absolute atomic E-state index is 14.7. The van der Waals surface area contributed by atoms with Gasteiger partial charge in [-0.05, 0) is 65.7 Å². The number of ether oxygens (including phenoxy) is 5. The summed E-state index contributed by atoms with van der Waals surface area (Å²) in [5.41, 5.74) is 0.718. The average Bonchev–Trinajstić information content (AvgIpc) is 3.67. The van der Waals surface area contributed by atoms with Crippen LogP contribution in [0.5, 0.6) is 5.75 Å². The number of nitrogens with zero attached hydrogens (tertiary/aromatic N) is 1. The Morgan fingerprint density at radius 2 is 1.56 bits per heavy atom. The van der Waals surface area contributed by atoms with Crippen molar-refractivity contribution >= 4 is 59.9 Å². The molecule has 1 saturated carbocycles. The molecule has 1 unspecified atom stereocenters. The number of nitrogens with one attached hydrogen (secondary N) is 1. The topological polar surface area (TPSA) is 184 Å². The molecule has 300 valence electrons. The van der Waals surface area contributed by atoms with E-state index in [0.717, 1.165) is 0 Å². The lowest BCUT2D eigenvalue weighted by molar-refractivity contribution is -0.132. The highest BCUT2D eigenvalue weighted by atomic mass is 35.5. The van der Waals surface area contributed by atoms with Crippen molar-refractivity contribution in [1.29, 1.82) is 0 Å². The Morgan fingerprint density at radius 1 is 0.945 bits per heavy atom. The van der Waals surface area contributed by atoms with Crippen LogP contribution in [0.25, 0.3) is 10.9 Å². The highest BCUT2D eigenvalue weighted by molar-refractivity contribution is 7.53. The number of Topliss-reactive ketones (excluding diaryl/α,β-unsaturated/α-hetero) is 2. The maximum atomic E-state index is 14.7. The third kappa shape index (κ3) is 12.2. The van der Waals surface area contributed by atoms with Gasteiger partial charge in [0.05, 0.1) is 35.2 Å². The third-order valence-electron chi connectivity index (χ3n) is 8.20. The zero-order chi connectivity index (χ0) is 40.4. The van der Waals surface area contributed by atoms with Gasteiger partial charge in [-0.2, -0.15) is 0 Å². The molecule has 1 fully saturated rings. The van der Waals surface area contributed by atoms with Crippen molar-refractivity contribution in [3.63, 3.8) is 0 Å². The van der Waals surface area contributed by atoms with Crippen LogP contribution in [0.2, 0.25) is 5.02 Å². The number of amides is 1. The van der Waals surface area contributed by atoms with Crippen LogP contribution in [-0.2, 0) is 55.2 Å². The van der Waals surface area contributed by atoms with Crippen molar-refractivity contribution in [1.82, 2.24) is 9.88 Å². The zero-order valence-electron chi connectivity index (χ0n) is 30.7. The van der Waals surface area contributed by atoms with Crippen LogP contribution >= 0.6 is 19.2 Å². The predicted molar refractivity (Wildman–Crippen MR) is 192 cm³/mol. The summed E-state index contributed by atoms with van der Waals surface area (Å²) in [5.74, 6) is -4.10. The summed E-state index contributed by atoms with van der Waals surface area (Å²) in [5, 5.41) is 2.90. The fourth-order valence-electron chi connectivity index (χ4n) is 5.71. The Bertz CT molecular complexity index is 1910. The summed E-state index contributed by atoms with van der Waals surface area (Å²) in [6.45, 7) is 5.33. The molecule has 15 nitrogen and oxygen atoms in total. The van der Waals surface area contributed by atoms with Gasteiger partial charge in [-0.1, -0.05) is 23.7 Å². The van der Waals surface area contributed by atoms with Crippen LogP contribution < -0.4 is 10.1 Å². The number of alkyl halides is 1. The number of ketones is 2. The number of aromatic nitrogens is 1. The second-order valence-corrected chi connectivity index (χ2v) is 15.5. The smallest absolute Gasteiger partial charge is 0.481 e. The molecule has 0 radical (unpaired) electrons. The Hall–Kier alpha value is -4.57. The first-order valence-corrected chi connectivity index (χ1v) is 19.3. The molecule has 4 rings (SSSR count). The summed E-state index contributed by atoms with van der Waals surface area (Å²) in [7, 11) is -4.34. The van der Waals surface area contributed by atoms with Crippen LogP contribution in [-0.4, -0.2) is 72.7 Å². The number of carbonyl (C=O) groups is 5. The van der Waals surface area contributed by atoms with E-state index in [9.17, 15) is 37.3 Å². The lowest BCUT2D eigenvalue weighted by Crippen LogP contribution is -2.36. The molecule has 19 heteroatoms. The number of carbonyl (C=O) groups excluding carboxylic acids is 5. The van der Waals surface area contributed by atoms with Gasteiger partial charge in [0.15, 0.2) is 17.9 Å². The molecule has 3 atom stereocenters. The minimum atomic E-state index is -4.34. The van der Waals surface area contributed by atoms with E-state index in [1.807, 2.05) is 0 Å². The van der Waals surface area contributed by atoms with Crippen molar-refractivity contribution in [2.75, 3.05) is 19.9 Å². The maximum Gasteiger partial charge on any atom is 0.510 e. The van der Waals surface area contributed by atoms with E-state index in [1.165, 1.54) is 54.1 Å². The summed E-state index contributed by atoms with van der Waals surface area (Å²) >= 11 is 5.83. The first kappa shape index (κ1) is 43.2. The minimum absolute atomic E-state index is 0.0669. The van der Waals surface area contributed by atoms with Gasteiger partial charge in [0.2, 0.25) is 19.5 Å². The molecular weight excluding hydrogens is 773 g/mol. The second-order valence-electron chi connectivity index (χ2n) is 13.1. The summed E-state index contributed by atoms with van der Waals surface area (Å²) < 4.78 is 79.4. The van der Waals surface area contributed by atoms with Crippen LogP contribution in [0.15, 0.2) is 42.6 Å². The van der Waals surface area contributed by atoms with Gasteiger partial charge in [-0.25, -0.2) is 18.4 Å². The fraction of sp³-hybridized carbons (Fsp3) is 0.472. The number of benzene rings is 2. The van der Waals surface area contributed by atoms with Crippen molar-refractivity contribution in [3.8, 4) is 5.75 Å². The van der Waals surface area contributed by atoms with Crippen LogP contribution in [0.1, 0.15) is 63.4 Å². The monoisotopic (exact) mass is 814 g/mol. The number of hydrogen-bond acceptors (Lipinski definition) is 13. The molecule has 1 heterocycles. The van der Waals surface area contributed by atoms with Gasteiger partial charge in [-0.3, -0.25) is 28.0 Å². The van der Waals surface area contributed by atoms with Crippen molar-refractivity contribution in [3.05, 3.63) is 64.6 Å². The normalized spacial score (nSPS) is 16.9. The van der Waals surface area contributed by atoms with Gasteiger partial charge in [-0.15, -0.1) is 0 Å². The third-order valence-corrected chi connectivity index (χ3v) is 9.94. The predicted octanol–water partition coefficient (Wildman–Crippen LogP) is 7.49. The van der Waals surface area contributed by atoms with Crippen molar-refractivity contribution in [2.24, 2.45) is 11.8 Å². The quantitative estimate of drug-likeness (QED) is 0.0577. The molecule has 0 spiro atoms. The van der Waals surface area contributed by atoms with Crippen LogP contribution in [0, 0.1) is 17.7 Å². The molecule has 1 aromatic heterocycles. The number of rotatable bonds is 18. The van der Waals surface area contributed by atoms with E-state index < -0.39 is 87.6 Å². The molecule has 0 saturated heterocycles. The Kier molecular flexibility index (Phi) is 15.2. The van der Waals surface area contributed by atoms with Gasteiger partial charge in [0.1, 0.15) is 17.7 Å². The first-order valence-electron chi connectivity index (χ1n) is 17.1. The zero-order valence-corrected chi connectivity index (χ0v) is 32.4. The highest BCUT2D eigenvalue weighted by Crippen LogP contribution is 2.48. The summed E-state index contributed by atoms with van der Waals surface area (Å²) in [6.07, 6.45) is -4.43. The van der Waals surface area contributed by atoms with E-state index in [4.69, 9.17) is 44.3 Å². The lowest BCUT2D eigenvalue weighted by Gasteiger charge is -2.19. The van der Waals surface area contributed by atoms with Crippen LogP contribution in [0.4, 0.5) is 18.4 Å². The molecule has 0 aliphatic heterocycles. The van der Waals surface area contributed by atoms with Crippen molar-refractivity contribution in [2.45, 2.75) is 78.9 Å². The number of halogens is 3. The van der Waals surface area contributed by atoms with Gasteiger partial charge in [0, 0.05) is 41.2 Å². The van der Waals surface area contributed by atoms with Gasteiger partial charge < -0.3 is 33.6 Å². The second kappa shape index (κ2) is 19.3. The molecular formula is C36H42ClF2N2O13P. The Morgan fingerprint density at radius 3 is 2.16 bits per heavy atom. The molecule has 1 N–H and O–H groups in total. The SMILES string of the molecule is CC(=O)c1cn(CC(=O)C2C[C@H](F)C[C@H]2C(=O)NCc2cccc(Cl)c2F)c2cc(OCP(=O)(OCOC(=O)OC(C)C)OCOC(=O)OC(C)C)ccc12. The highest BCUT2D eigenvalue weighted by Gasteiger charge is 2.43. The summed E-state index contributed by atoms with van der Waals surface area (Å²) in [6, 6.07) is 8.75. The minimum Gasteiger partial charge on any atom is -0.481 e. The molecule has 1 amide bonds. The molecule has 1 aliphatic carbocycles. The van der Waals surface area contributed by atoms with Crippen LogP contribution in [0.3, 0.4) is 0 Å². The molecule has 3 aromatic rings. The molecule has 55 heavy (non-hydrogen) atoms. The van der Waals surface area contributed by atoms with E-state index >= 15 is 0 Å². The van der Waals surface area contributed by atoms with Gasteiger partial charge in [0.25, 0.3) is 0 Å². The average molecular weight is 815 g/mol. The molecule has 1 aliphatic rings. The summed E-state index contributed by atoms with van der Waals surface area (Å²) in [4.78, 5) is 63.0. The van der Waals surface area contributed by atoms with Gasteiger partial charge >= 0.3 is 19.9 Å². The number of hydrogen-bond donors (Lipinski definition) is 1. The van der Waals surface area contributed by atoms with E-state index in [2.05, 4.69) is 5.32 Å².